The second-order valence-electron chi connectivity index (χ2n) is 9.92. The Labute approximate surface area is 219 Å². The summed E-state index contributed by atoms with van der Waals surface area (Å²) >= 11 is 5.94. The lowest BCUT2D eigenvalue weighted by molar-refractivity contribution is 0.565. The van der Waals surface area contributed by atoms with Crippen molar-refractivity contribution in [3.63, 3.8) is 0 Å². The molecule has 1 N–H and O–H groups in total. The highest BCUT2D eigenvalue weighted by atomic mass is 32.1. The fourth-order valence-corrected chi connectivity index (χ4v) is 5.77. The van der Waals surface area contributed by atoms with Crippen LogP contribution < -0.4 is 15.1 Å². The second-order valence-corrected chi connectivity index (χ2v) is 10.3. The van der Waals surface area contributed by atoms with E-state index >= 15 is 0 Å². The monoisotopic (exact) mass is 495 g/mol. The normalized spacial score (nSPS) is 17.4. The van der Waals surface area contributed by atoms with Crippen LogP contribution in [0.4, 0.5) is 11.4 Å². The predicted molar refractivity (Wildman–Crippen MR) is 153 cm³/mol. The van der Waals surface area contributed by atoms with E-state index in [1.165, 1.54) is 33.8 Å². The number of hydrogen-bond donors (Lipinski definition) is 1. The van der Waals surface area contributed by atoms with Gasteiger partial charge >= 0.3 is 0 Å². The van der Waals surface area contributed by atoms with E-state index in [0.29, 0.717) is 5.11 Å². The Hall–Kier alpha value is -3.64. The first-order valence-electron chi connectivity index (χ1n) is 12.3. The molecular formula is C30H33N5S. The third-order valence-corrected chi connectivity index (χ3v) is 7.31. The van der Waals surface area contributed by atoms with Crippen LogP contribution in [0.2, 0.25) is 0 Å². The average Bonchev–Trinajstić information content (AvgIpc) is 3.34. The first kappa shape index (κ1) is 24.1. The molecule has 36 heavy (non-hydrogen) atoms. The molecule has 6 heteroatoms. The maximum Gasteiger partial charge on any atom is 0.174 e. The Kier molecular flexibility index (Phi) is 6.31. The lowest BCUT2D eigenvalue weighted by Gasteiger charge is -2.28. The summed E-state index contributed by atoms with van der Waals surface area (Å²) in [5, 5.41) is 4.31. The zero-order valence-electron chi connectivity index (χ0n) is 21.8. The third-order valence-electron chi connectivity index (χ3n) is 7.00. The molecule has 2 aromatic heterocycles. The quantitative estimate of drug-likeness (QED) is 0.327. The molecule has 4 aromatic rings. The van der Waals surface area contributed by atoms with Crippen LogP contribution in [0, 0.1) is 27.7 Å². The maximum atomic E-state index is 5.94. The van der Waals surface area contributed by atoms with Crippen molar-refractivity contribution in [2.45, 2.75) is 39.8 Å². The van der Waals surface area contributed by atoms with Gasteiger partial charge in [0, 0.05) is 48.7 Å². The van der Waals surface area contributed by atoms with Gasteiger partial charge in [-0.1, -0.05) is 12.1 Å². The van der Waals surface area contributed by atoms with Gasteiger partial charge in [-0.3, -0.25) is 4.98 Å². The molecule has 1 fully saturated rings. The summed E-state index contributed by atoms with van der Waals surface area (Å²) in [5.74, 6) is 0. The van der Waals surface area contributed by atoms with Crippen molar-refractivity contribution in [1.29, 1.82) is 0 Å². The van der Waals surface area contributed by atoms with E-state index in [4.69, 9.17) is 17.2 Å². The Balaban J connectivity index is 1.67. The summed E-state index contributed by atoms with van der Waals surface area (Å²) in [6.07, 6.45) is 1.85. The molecule has 0 aliphatic carbocycles. The molecule has 3 heterocycles. The van der Waals surface area contributed by atoms with Gasteiger partial charge in [0.05, 0.1) is 17.8 Å². The zero-order chi connectivity index (χ0) is 25.6. The standard InChI is InChI=1S/C30H33N5S/c1-19-15-20(2)17-25(16-19)34-21(3)18-26(22(34)4)29-28(27-9-7-8-14-31-27)32-30(36)35(29)24-12-10-23(11-13-24)33(5)6/h7-18,28-29H,1-6H3,(H,32,36)/t28-,29-/m1/s1. The van der Waals surface area contributed by atoms with E-state index in [1.54, 1.807) is 0 Å². The topological polar surface area (TPSA) is 36.3 Å². The van der Waals surface area contributed by atoms with Gasteiger partial charge in [0.2, 0.25) is 0 Å². The van der Waals surface area contributed by atoms with Gasteiger partial charge in [0.25, 0.3) is 0 Å². The zero-order valence-corrected chi connectivity index (χ0v) is 22.6. The third kappa shape index (κ3) is 4.26. The molecular weight excluding hydrogens is 462 g/mol. The minimum Gasteiger partial charge on any atom is -0.378 e. The van der Waals surface area contributed by atoms with Crippen molar-refractivity contribution in [2.24, 2.45) is 0 Å². The lowest BCUT2D eigenvalue weighted by atomic mass is 9.96. The molecule has 1 aliphatic rings. The summed E-state index contributed by atoms with van der Waals surface area (Å²) in [7, 11) is 4.11. The summed E-state index contributed by atoms with van der Waals surface area (Å²) < 4.78 is 2.36. The first-order valence-corrected chi connectivity index (χ1v) is 12.7. The molecule has 2 atom stereocenters. The molecule has 1 aliphatic heterocycles. The van der Waals surface area contributed by atoms with Crippen LogP contribution in [0.3, 0.4) is 0 Å². The van der Waals surface area contributed by atoms with Crippen LogP contribution in [-0.2, 0) is 0 Å². The highest BCUT2D eigenvalue weighted by Crippen LogP contribution is 2.44. The SMILES string of the molecule is Cc1cc(C)cc(-n2c(C)cc([C@@H]3[C@@H](c4ccccn4)NC(=S)N3c3ccc(N(C)C)cc3)c2C)c1. The van der Waals surface area contributed by atoms with E-state index in [9.17, 15) is 0 Å². The number of aromatic nitrogens is 2. The predicted octanol–water partition coefficient (Wildman–Crippen LogP) is 6.35. The number of nitrogens with one attached hydrogen (secondary N) is 1. The minimum absolute atomic E-state index is 0.0385. The Bertz CT molecular complexity index is 1390. The molecule has 5 nitrogen and oxygen atoms in total. The van der Waals surface area contributed by atoms with Crippen molar-refractivity contribution in [3.8, 4) is 5.69 Å². The number of rotatable bonds is 5. The second kappa shape index (κ2) is 9.43. The lowest BCUT2D eigenvalue weighted by Crippen LogP contribution is -2.29. The van der Waals surface area contributed by atoms with Crippen molar-refractivity contribution < 1.29 is 0 Å². The van der Waals surface area contributed by atoms with Gasteiger partial charge in [0.1, 0.15) is 0 Å². The van der Waals surface area contributed by atoms with Crippen LogP contribution in [0.5, 0.6) is 0 Å². The first-order chi connectivity index (χ1) is 17.2. The number of benzene rings is 2. The van der Waals surface area contributed by atoms with Gasteiger partial charge in [-0.05, 0) is 111 Å². The van der Waals surface area contributed by atoms with E-state index < -0.39 is 0 Å². The van der Waals surface area contributed by atoms with Gasteiger partial charge in [0.15, 0.2) is 5.11 Å². The number of thiocarbonyl (C=S) groups is 1. The molecule has 0 unspecified atom stereocenters. The molecule has 0 amide bonds. The number of anilines is 2. The van der Waals surface area contributed by atoms with Crippen molar-refractivity contribution in [1.82, 2.24) is 14.9 Å². The molecule has 2 aromatic carbocycles. The molecule has 0 spiro atoms. The number of pyridine rings is 1. The van der Waals surface area contributed by atoms with E-state index in [2.05, 4.69) is 116 Å². The van der Waals surface area contributed by atoms with Gasteiger partial charge in [-0.25, -0.2) is 0 Å². The van der Waals surface area contributed by atoms with E-state index in [0.717, 1.165) is 17.1 Å². The maximum absolute atomic E-state index is 5.94. The van der Waals surface area contributed by atoms with Crippen LogP contribution in [0.25, 0.3) is 5.69 Å². The van der Waals surface area contributed by atoms with Gasteiger partial charge in [-0.2, -0.15) is 0 Å². The van der Waals surface area contributed by atoms with Gasteiger partial charge < -0.3 is 19.7 Å². The van der Waals surface area contributed by atoms with Crippen molar-refractivity contribution >= 4 is 28.7 Å². The molecule has 1 saturated heterocycles. The smallest absolute Gasteiger partial charge is 0.174 e. The molecule has 0 bridgehead atoms. The molecule has 5 rings (SSSR count). The van der Waals surface area contributed by atoms with Crippen LogP contribution >= 0.6 is 12.2 Å². The van der Waals surface area contributed by atoms with Crippen LogP contribution in [0.1, 0.15) is 45.9 Å². The summed E-state index contributed by atoms with van der Waals surface area (Å²) in [5.41, 5.74) is 10.6. The summed E-state index contributed by atoms with van der Waals surface area (Å²) in [6, 6.07) is 23.6. The van der Waals surface area contributed by atoms with E-state index in [-0.39, 0.29) is 12.1 Å². The number of nitrogens with zero attached hydrogens (tertiary/aromatic N) is 4. The Morgan fingerprint density at radius 1 is 0.861 bits per heavy atom. The number of hydrogen-bond acceptors (Lipinski definition) is 3. The highest BCUT2D eigenvalue weighted by molar-refractivity contribution is 7.80. The Morgan fingerprint density at radius 3 is 2.17 bits per heavy atom. The molecule has 184 valence electrons. The molecule has 0 saturated carbocycles. The van der Waals surface area contributed by atoms with E-state index in [1.807, 2.05) is 18.3 Å². The molecule has 0 radical (unpaired) electrons. The fraction of sp³-hybridized carbons (Fsp3) is 0.267. The fourth-order valence-electron chi connectivity index (χ4n) is 5.42. The van der Waals surface area contributed by atoms with Crippen molar-refractivity contribution in [2.75, 3.05) is 23.9 Å². The van der Waals surface area contributed by atoms with Crippen molar-refractivity contribution in [3.05, 3.63) is 107 Å². The van der Waals surface area contributed by atoms with Gasteiger partial charge in [-0.15, -0.1) is 0 Å². The minimum atomic E-state index is -0.0691. The largest absolute Gasteiger partial charge is 0.378 e. The number of aryl methyl sites for hydroxylation is 3. The Morgan fingerprint density at radius 2 is 1.56 bits per heavy atom. The summed E-state index contributed by atoms with van der Waals surface area (Å²) in [4.78, 5) is 9.07. The summed E-state index contributed by atoms with van der Waals surface area (Å²) in [6.45, 7) is 8.70. The van der Waals surface area contributed by atoms with Crippen LogP contribution in [0.15, 0.2) is 72.9 Å². The van der Waals surface area contributed by atoms with Crippen LogP contribution in [-0.4, -0.2) is 28.8 Å². The average molecular weight is 496 g/mol. The highest BCUT2D eigenvalue weighted by Gasteiger charge is 2.42.